The summed E-state index contributed by atoms with van der Waals surface area (Å²) in [6, 6.07) is 2.60. The molecule has 0 radical (unpaired) electrons. The van der Waals surface area contributed by atoms with Crippen LogP contribution in [0.1, 0.15) is 26.0 Å². The van der Waals surface area contributed by atoms with Crippen molar-refractivity contribution in [3.05, 3.63) is 18.0 Å². The van der Waals surface area contributed by atoms with E-state index < -0.39 is 0 Å². The lowest BCUT2D eigenvalue weighted by atomic mass is 10.2. The average molecular weight is 206 g/mol. The normalized spacial score (nSPS) is 22.3. The predicted molar refractivity (Wildman–Crippen MR) is 61.3 cm³/mol. The van der Waals surface area contributed by atoms with Crippen LogP contribution in [0.3, 0.4) is 0 Å². The van der Waals surface area contributed by atoms with Gasteiger partial charge in [0.25, 0.3) is 0 Å². The second-order valence-electron chi connectivity index (χ2n) is 4.92. The average Bonchev–Trinajstić information content (AvgIpc) is 2.74. The Balaban J connectivity index is 2.16. The number of anilines is 1. The number of hydrogen-bond acceptors (Lipinski definition) is 3. The molecule has 1 atom stereocenters. The molecule has 82 valence electrons. The molecule has 1 aliphatic rings. The molecule has 0 aromatic carbocycles. The van der Waals surface area contributed by atoms with Gasteiger partial charge in [-0.1, -0.05) is 13.8 Å². The minimum absolute atomic E-state index is 0.419. The Labute approximate surface area is 90.9 Å². The summed E-state index contributed by atoms with van der Waals surface area (Å²) in [5, 5.41) is 3.50. The summed E-state index contributed by atoms with van der Waals surface area (Å²) >= 11 is 0. The van der Waals surface area contributed by atoms with Crippen LogP contribution in [0, 0.1) is 12.3 Å². The summed E-state index contributed by atoms with van der Waals surface area (Å²) in [6.07, 6.45) is 2.99. The van der Waals surface area contributed by atoms with Crippen molar-refractivity contribution in [1.29, 1.82) is 0 Å². The largest absolute Gasteiger partial charge is 0.493 e. The van der Waals surface area contributed by atoms with Crippen LogP contribution in [-0.2, 0) is 0 Å². The van der Waals surface area contributed by atoms with E-state index in [1.807, 2.05) is 13.0 Å². The van der Waals surface area contributed by atoms with E-state index in [2.05, 4.69) is 24.1 Å². The van der Waals surface area contributed by atoms with E-state index in [1.165, 1.54) is 6.42 Å². The Morgan fingerprint density at radius 1 is 1.53 bits per heavy atom. The molecule has 1 aromatic rings. The van der Waals surface area contributed by atoms with Crippen LogP contribution in [0.5, 0.6) is 5.75 Å². The number of methoxy groups -OCH3 is 1. The van der Waals surface area contributed by atoms with Gasteiger partial charge in [-0.15, -0.1) is 0 Å². The fraction of sp³-hybridized carbons (Fsp3) is 0.583. The van der Waals surface area contributed by atoms with Gasteiger partial charge in [-0.2, -0.15) is 0 Å². The van der Waals surface area contributed by atoms with E-state index in [9.17, 15) is 0 Å². The molecule has 1 fully saturated rings. The first-order chi connectivity index (χ1) is 7.03. The van der Waals surface area contributed by atoms with Crippen molar-refractivity contribution < 1.29 is 4.74 Å². The zero-order valence-electron chi connectivity index (χ0n) is 9.79. The molecule has 1 saturated carbocycles. The maximum atomic E-state index is 5.27. The number of nitrogens with one attached hydrogen (secondary N) is 1. The summed E-state index contributed by atoms with van der Waals surface area (Å²) in [6.45, 7) is 6.53. The third-order valence-corrected chi connectivity index (χ3v) is 3.07. The molecule has 2 rings (SSSR count). The summed E-state index contributed by atoms with van der Waals surface area (Å²) < 4.78 is 5.27. The molecule has 1 unspecified atom stereocenters. The van der Waals surface area contributed by atoms with Gasteiger partial charge in [0, 0.05) is 11.7 Å². The first-order valence-electron chi connectivity index (χ1n) is 5.30. The van der Waals surface area contributed by atoms with Crippen LogP contribution in [0.15, 0.2) is 12.3 Å². The minimum atomic E-state index is 0.419. The van der Waals surface area contributed by atoms with Gasteiger partial charge in [0.15, 0.2) is 5.75 Å². The molecule has 0 bridgehead atoms. The molecule has 3 nitrogen and oxygen atoms in total. The molecule has 0 aliphatic heterocycles. The molecule has 1 heterocycles. The van der Waals surface area contributed by atoms with E-state index in [0.29, 0.717) is 11.5 Å². The lowest BCUT2D eigenvalue weighted by Gasteiger charge is -2.12. The maximum absolute atomic E-state index is 5.27. The van der Waals surface area contributed by atoms with Gasteiger partial charge in [0.1, 0.15) is 0 Å². The molecule has 0 saturated heterocycles. The van der Waals surface area contributed by atoms with Crippen LogP contribution >= 0.6 is 0 Å². The van der Waals surface area contributed by atoms with Gasteiger partial charge in [0.2, 0.25) is 0 Å². The van der Waals surface area contributed by atoms with Gasteiger partial charge < -0.3 is 10.1 Å². The minimum Gasteiger partial charge on any atom is -0.493 e. The molecule has 1 N–H and O–H groups in total. The van der Waals surface area contributed by atoms with Crippen LogP contribution in [0.25, 0.3) is 0 Å². The van der Waals surface area contributed by atoms with Crippen LogP contribution in [-0.4, -0.2) is 18.1 Å². The highest BCUT2D eigenvalue weighted by Gasteiger charge is 2.45. The summed E-state index contributed by atoms with van der Waals surface area (Å²) in [7, 11) is 1.68. The number of ether oxygens (including phenoxy) is 1. The van der Waals surface area contributed by atoms with E-state index in [0.717, 1.165) is 17.1 Å². The van der Waals surface area contributed by atoms with Crippen molar-refractivity contribution in [2.24, 2.45) is 5.41 Å². The zero-order valence-corrected chi connectivity index (χ0v) is 9.79. The maximum Gasteiger partial charge on any atom is 0.160 e. The molecule has 1 aliphatic carbocycles. The SMILES string of the molecule is COc1cnc(C)cc1NC1CC1(C)C. The summed E-state index contributed by atoms with van der Waals surface area (Å²) in [4.78, 5) is 4.21. The van der Waals surface area contributed by atoms with E-state index in [-0.39, 0.29) is 0 Å². The second-order valence-corrected chi connectivity index (χ2v) is 4.92. The van der Waals surface area contributed by atoms with Crippen LogP contribution in [0.4, 0.5) is 5.69 Å². The second kappa shape index (κ2) is 3.40. The van der Waals surface area contributed by atoms with Gasteiger partial charge in [-0.3, -0.25) is 4.98 Å². The molecule has 15 heavy (non-hydrogen) atoms. The highest BCUT2D eigenvalue weighted by Crippen LogP contribution is 2.47. The van der Waals surface area contributed by atoms with Crippen molar-refractivity contribution in [1.82, 2.24) is 4.98 Å². The Morgan fingerprint density at radius 3 is 2.73 bits per heavy atom. The Bertz CT molecular complexity index is 374. The van der Waals surface area contributed by atoms with Crippen molar-refractivity contribution in [2.75, 3.05) is 12.4 Å². The van der Waals surface area contributed by atoms with E-state index >= 15 is 0 Å². The van der Waals surface area contributed by atoms with Gasteiger partial charge >= 0.3 is 0 Å². The number of rotatable bonds is 3. The molecular formula is C12H18N2O. The summed E-state index contributed by atoms with van der Waals surface area (Å²) in [5.74, 6) is 0.823. The van der Waals surface area contributed by atoms with Crippen LogP contribution < -0.4 is 10.1 Å². The zero-order chi connectivity index (χ0) is 11.1. The number of pyridine rings is 1. The monoisotopic (exact) mass is 206 g/mol. The molecule has 3 heteroatoms. The third kappa shape index (κ3) is 2.06. The number of aromatic nitrogens is 1. The number of aryl methyl sites for hydroxylation is 1. The van der Waals surface area contributed by atoms with Gasteiger partial charge in [-0.05, 0) is 24.8 Å². The Kier molecular flexibility index (Phi) is 2.33. The topological polar surface area (TPSA) is 34.1 Å². The number of nitrogens with zero attached hydrogens (tertiary/aromatic N) is 1. The first kappa shape index (κ1) is 10.3. The lowest BCUT2D eigenvalue weighted by molar-refractivity contribution is 0.414. The van der Waals surface area contributed by atoms with E-state index in [1.54, 1.807) is 13.3 Å². The molecule has 0 amide bonds. The van der Waals surface area contributed by atoms with Crippen molar-refractivity contribution in [2.45, 2.75) is 33.2 Å². The smallest absolute Gasteiger partial charge is 0.160 e. The quantitative estimate of drug-likeness (QED) is 0.825. The molecule has 0 spiro atoms. The van der Waals surface area contributed by atoms with Gasteiger partial charge in [-0.25, -0.2) is 0 Å². The number of hydrogen-bond donors (Lipinski definition) is 1. The predicted octanol–water partition coefficient (Wildman–Crippen LogP) is 2.61. The lowest BCUT2D eigenvalue weighted by Crippen LogP contribution is -2.09. The molecular weight excluding hydrogens is 188 g/mol. The van der Waals surface area contributed by atoms with Crippen molar-refractivity contribution in [3.8, 4) is 5.75 Å². The standard InChI is InChI=1S/C12H18N2O/c1-8-5-9(10(15-4)7-13-8)14-11-6-12(11,2)3/h5,7,11H,6H2,1-4H3,(H,13,14). The summed E-state index contributed by atoms with van der Waals surface area (Å²) in [5.41, 5.74) is 2.49. The third-order valence-electron chi connectivity index (χ3n) is 3.07. The Hall–Kier alpha value is -1.25. The fourth-order valence-electron chi connectivity index (χ4n) is 1.72. The van der Waals surface area contributed by atoms with Crippen molar-refractivity contribution >= 4 is 5.69 Å². The first-order valence-corrected chi connectivity index (χ1v) is 5.30. The highest BCUT2D eigenvalue weighted by atomic mass is 16.5. The fourth-order valence-corrected chi connectivity index (χ4v) is 1.72. The molecule has 1 aromatic heterocycles. The van der Waals surface area contributed by atoms with Gasteiger partial charge in [0.05, 0.1) is 19.0 Å². The highest BCUT2D eigenvalue weighted by molar-refractivity contribution is 5.57. The van der Waals surface area contributed by atoms with E-state index in [4.69, 9.17) is 4.74 Å². The van der Waals surface area contributed by atoms with Crippen LogP contribution in [0.2, 0.25) is 0 Å². The van der Waals surface area contributed by atoms with Crippen molar-refractivity contribution in [3.63, 3.8) is 0 Å². The Morgan fingerprint density at radius 2 is 2.20 bits per heavy atom.